The van der Waals surface area contributed by atoms with Crippen LogP contribution >= 0.6 is 0 Å². The number of rotatable bonds is 4. The molecule has 0 saturated carbocycles. The molecule has 0 bridgehead atoms. The summed E-state index contributed by atoms with van der Waals surface area (Å²) in [5, 5.41) is 9.12. The molecule has 0 spiro atoms. The summed E-state index contributed by atoms with van der Waals surface area (Å²) in [7, 11) is 1.34. The minimum absolute atomic E-state index is 0.197. The summed E-state index contributed by atoms with van der Waals surface area (Å²) in [4.78, 5) is 11.7. The van der Waals surface area contributed by atoms with E-state index < -0.39 is 5.97 Å². The Hall–Kier alpha value is -2.80. The van der Waals surface area contributed by atoms with E-state index in [0.29, 0.717) is 22.4 Å². The predicted octanol–water partition coefficient (Wildman–Crippen LogP) is 3.23. The molecule has 0 atom stereocenters. The minimum atomic E-state index is -0.404. The van der Waals surface area contributed by atoms with Crippen molar-refractivity contribution in [2.75, 3.05) is 7.11 Å². The molecular weight excluding hydrogens is 266 g/mol. The molecular formula is C17H15NO3. The number of benzene rings is 2. The summed E-state index contributed by atoms with van der Waals surface area (Å²) in [5.74, 6) is 0.0985. The summed E-state index contributed by atoms with van der Waals surface area (Å²) in [6.07, 6.45) is 0. The van der Waals surface area contributed by atoms with Crippen molar-refractivity contribution in [3.8, 4) is 11.8 Å². The Kier molecular flexibility index (Phi) is 4.57. The highest BCUT2D eigenvalue weighted by Gasteiger charge is 2.12. The number of nitrogens with zero attached hydrogens (tertiary/aromatic N) is 1. The lowest BCUT2D eigenvalue weighted by atomic mass is 10.1. The minimum Gasteiger partial charge on any atom is -0.487 e. The number of nitriles is 1. The van der Waals surface area contributed by atoms with Gasteiger partial charge in [0, 0.05) is 5.56 Å². The highest BCUT2D eigenvalue weighted by atomic mass is 16.5. The highest BCUT2D eigenvalue weighted by Crippen LogP contribution is 2.21. The van der Waals surface area contributed by atoms with E-state index in [1.165, 1.54) is 7.11 Å². The Morgan fingerprint density at radius 1 is 1.24 bits per heavy atom. The predicted molar refractivity (Wildman–Crippen MR) is 78.0 cm³/mol. The van der Waals surface area contributed by atoms with E-state index in [1.807, 2.05) is 19.1 Å². The standard InChI is InChI=1S/C17H15NO3/c1-12-7-8-16(14(9-12)10-18)21-11-13-5-3-4-6-15(13)17(19)20-2/h3-9H,11H2,1-2H3. The van der Waals surface area contributed by atoms with Gasteiger partial charge in [-0.25, -0.2) is 4.79 Å². The van der Waals surface area contributed by atoms with Gasteiger partial charge in [-0.1, -0.05) is 24.3 Å². The van der Waals surface area contributed by atoms with Crippen LogP contribution in [0.3, 0.4) is 0 Å². The second kappa shape index (κ2) is 6.58. The molecule has 0 saturated heterocycles. The number of aryl methyl sites for hydroxylation is 1. The molecule has 106 valence electrons. The Labute approximate surface area is 123 Å². The van der Waals surface area contributed by atoms with Crippen LogP contribution in [0.25, 0.3) is 0 Å². The molecule has 0 aliphatic rings. The number of hydrogen-bond donors (Lipinski definition) is 0. The Morgan fingerprint density at radius 3 is 2.71 bits per heavy atom. The third-order valence-electron chi connectivity index (χ3n) is 3.06. The fourth-order valence-corrected chi connectivity index (χ4v) is 1.97. The van der Waals surface area contributed by atoms with Crippen LogP contribution < -0.4 is 4.74 Å². The molecule has 0 aromatic heterocycles. The van der Waals surface area contributed by atoms with Crippen molar-refractivity contribution in [3.05, 3.63) is 64.7 Å². The van der Waals surface area contributed by atoms with Gasteiger partial charge >= 0.3 is 5.97 Å². The molecule has 0 unspecified atom stereocenters. The van der Waals surface area contributed by atoms with E-state index in [4.69, 9.17) is 14.7 Å². The first-order valence-corrected chi connectivity index (χ1v) is 6.45. The molecule has 0 fully saturated rings. The zero-order chi connectivity index (χ0) is 15.2. The lowest BCUT2D eigenvalue weighted by Gasteiger charge is -2.11. The molecule has 4 heteroatoms. The molecule has 0 N–H and O–H groups in total. The number of methoxy groups -OCH3 is 1. The smallest absolute Gasteiger partial charge is 0.338 e. The van der Waals surface area contributed by atoms with Crippen LogP contribution in [-0.2, 0) is 11.3 Å². The molecule has 2 aromatic rings. The molecule has 0 aliphatic carbocycles. The number of esters is 1. The second-order valence-electron chi connectivity index (χ2n) is 4.55. The molecule has 0 radical (unpaired) electrons. The van der Waals surface area contributed by atoms with Gasteiger partial charge in [-0.15, -0.1) is 0 Å². The number of hydrogen-bond acceptors (Lipinski definition) is 4. The second-order valence-corrected chi connectivity index (χ2v) is 4.55. The van der Waals surface area contributed by atoms with Crippen molar-refractivity contribution >= 4 is 5.97 Å². The van der Waals surface area contributed by atoms with E-state index in [9.17, 15) is 4.79 Å². The lowest BCUT2D eigenvalue weighted by Crippen LogP contribution is -2.08. The van der Waals surface area contributed by atoms with Gasteiger partial charge in [-0.3, -0.25) is 0 Å². The largest absolute Gasteiger partial charge is 0.487 e. The van der Waals surface area contributed by atoms with Gasteiger partial charge < -0.3 is 9.47 Å². The Balaban J connectivity index is 2.22. The highest BCUT2D eigenvalue weighted by molar-refractivity contribution is 5.90. The topological polar surface area (TPSA) is 59.3 Å². The monoisotopic (exact) mass is 281 g/mol. The normalized spacial score (nSPS) is 9.76. The maximum Gasteiger partial charge on any atom is 0.338 e. The van der Waals surface area contributed by atoms with Crippen molar-refractivity contribution in [2.45, 2.75) is 13.5 Å². The van der Waals surface area contributed by atoms with E-state index >= 15 is 0 Å². The molecule has 0 heterocycles. The van der Waals surface area contributed by atoms with Gasteiger partial charge in [-0.2, -0.15) is 5.26 Å². The fourth-order valence-electron chi connectivity index (χ4n) is 1.97. The van der Waals surface area contributed by atoms with Crippen LogP contribution in [0.5, 0.6) is 5.75 Å². The molecule has 4 nitrogen and oxygen atoms in total. The molecule has 0 amide bonds. The van der Waals surface area contributed by atoms with Crippen LogP contribution in [0.2, 0.25) is 0 Å². The van der Waals surface area contributed by atoms with E-state index in [-0.39, 0.29) is 6.61 Å². The zero-order valence-corrected chi connectivity index (χ0v) is 11.9. The first kappa shape index (κ1) is 14.6. The van der Waals surface area contributed by atoms with Gasteiger partial charge in [0.1, 0.15) is 18.4 Å². The number of carbonyl (C=O) groups excluding carboxylic acids is 1. The average Bonchev–Trinajstić information content (AvgIpc) is 2.53. The first-order chi connectivity index (χ1) is 10.2. The Bertz CT molecular complexity index is 701. The van der Waals surface area contributed by atoms with Crippen molar-refractivity contribution in [2.24, 2.45) is 0 Å². The van der Waals surface area contributed by atoms with Crippen LogP contribution in [0.15, 0.2) is 42.5 Å². The maximum absolute atomic E-state index is 11.7. The Morgan fingerprint density at radius 2 is 2.00 bits per heavy atom. The van der Waals surface area contributed by atoms with E-state index in [0.717, 1.165) is 5.56 Å². The fraction of sp³-hybridized carbons (Fsp3) is 0.176. The van der Waals surface area contributed by atoms with Gasteiger partial charge in [0.05, 0.1) is 18.2 Å². The van der Waals surface area contributed by atoms with Gasteiger partial charge in [-0.05, 0) is 30.7 Å². The third-order valence-corrected chi connectivity index (χ3v) is 3.06. The van der Waals surface area contributed by atoms with Gasteiger partial charge in [0.25, 0.3) is 0 Å². The number of carbonyl (C=O) groups is 1. The summed E-state index contributed by atoms with van der Waals surface area (Å²) in [6.45, 7) is 2.11. The van der Waals surface area contributed by atoms with Crippen molar-refractivity contribution in [1.29, 1.82) is 5.26 Å². The summed E-state index contributed by atoms with van der Waals surface area (Å²) in [5.41, 5.74) is 2.65. The number of ether oxygens (including phenoxy) is 2. The van der Waals surface area contributed by atoms with E-state index in [1.54, 1.807) is 30.3 Å². The summed E-state index contributed by atoms with van der Waals surface area (Å²) < 4.78 is 10.4. The summed E-state index contributed by atoms with van der Waals surface area (Å²) >= 11 is 0. The van der Waals surface area contributed by atoms with Crippen LogP contribution in [-0.4, -0.2) is 13.1 Å². The molecule has 2 rings (SSSR count). The quantitative estimate of drug-likeness (QED) is 0.807. The third kappa shape index (κ3) is 3.40. The molecule has 0 aliphatic heterocycles. The van der Waals surface area contributed by atoms with E-state index in [2.05, 4.69) is 6.07 Å². The lowest BCUT2D eigenvalue weighted by molar-refractivity contribution is 0.0597. The zero-order valence-electron chi connectivity index (χ0n) is 11.9. The maximum atomic E-state index is 11.7. The van der Waals surface area contributed by atoms with Crippen LogP contribution in [0.1, 0.15) is 27.0 Å². The van der Waals surface area contributed by atoms with Crippen LogP contribution in [0.4, 0.5) is 0 Å². The molecule has 2 aromatic carbocycles. The van der Waals surface area contributed by atoms with Crippen LogP contribution in [0, 0.1) is 18.3 Å². The average molecular weight is 281 g/mol. The van der Waals surface area contributed by atoms with Crippen molar-refractivity contribution < 1.29 is 14.3 Å². The van der Waals surface area contributed by atoms with Crippen molar-refractivity contribution in [1.82, 2.24) is 0 Å². The molecule has 21 heavy (non-hydrogen) atoms. The summed E-state index contributed by atoms with van der Waals surface area (Å²) in [6, 6.07) is 14.6. The first-order valence-electron chi connectivity index (χ1n) is 6.45. The van der Waals surface area contributed by atoms with Gasteiger partial charge in [0.2, 0.25) is 0 Å². The van der Waals surface area contributed by atoms with Gasteiger partial charge in [0.15, 0.2) is 0 Å². The van der Waals surface area contributed by atoms with Crippen molar-refractivity contribution in [3.63, 3.8) is 0 Å². The SMILES string of the molecule is COC(=O)c1ccccc1COc1ccc(C)cc1C#N.